The highest BCUT2D eigenvalue weighted by Crippen LogP contribution is 2.16. The summed E-state index contributed by atoms with van der Waals surface area (Å²) in [6.07, 6.45) is 5.41. The standard InChI is InChI=1S/C15H18ClNO/c1-12(11-13-5-7-14(16)8-6-13)15(18)17-9-3-2-4-10-17/h5-8,11H,2-4,9-10H2,1H3/b12-11+. The average Bonchev–Trinajstić information content (AvgIpc) is 2.41. The summed E-state index contributed by atoms with van der Waals surface area (Å²) in [4.78, 5) is 14.2. The minimum absolute atomic E-state index is 0.157. The third kappa shape index (κ3) is 3.36. The summed E-state index contributed by atoms with van der Waals surface area (Å²) in [6.45, 7) is 3.67. The van der Waals surface area contributed by atoms with Crippen LogP contribution in [0.1, 0.15) is 31.7 Å². The van der Waals surface area contributed by atoms with Crippen LogP contribution in [-0.4, -0.2) is 23.9 Å². The largest absolute Gasteiger partial charge is 0.339 e. The topological polar surface area (TPSA) is 20.3 Å². The van der Waals surface area contributed by atoms with E-state index < -0.39 is 0 Å². The lowest BCUT2D eigenvalue weighted by Crippen LogP contribution is -2.36. The number of likely N-dealkylation sites (tertiary alicyclic amines) is 1. The first kappa shape index (κ1) is 13.2. The molecular weight excluding hydrogens is 246 g/mol. The Morgan fingerprint density at radius 1 is 1.17 bits per heavy atom. The maximum atomic E-state index is 12.2. The molecule has 1 aromatic carbocycles. The Balaban J connectivity index is 2.07. The van der Waals surface area contributed by atoms with Crippen LogP contribution in [0.15, 0.2) is 29.8 Å². The first-order valence-corrected chi connectivity index (χ1v) is 6.78. The zero-order valence-electron chi connectivity index (χ0n) is 10.7. The normalized spacial score (nSPS) is 16.8. The molecule has 18 heavy (non-hydrogen) atoms. The van der Waals surface area contributed by atoms with Crippen molar-refractivity contribution in [2.24, 2.45) is 0 Å². The van der Waals surface area contributed by atoms with Crippen LogP contribution >= 0.6 is 11.6 Å². The summed E-state index contributed by atoms with van der Waals surface area (Å²) in [7, 11) is 0. The molecule has 2 nitrogen and oxygen atoms in total. The highest BCUT2D eigenvalue weighted by atomic mass is 35.5. The highest BCUT2D eigenvalue weighted by molar-refractivity contribution is 6.30. The van der Waals surface area contributed by atoms with E-state index >= 15 is 0 Å². The fourth-order valence-electron chi connectivity index (χ4n) is 2.22. The molecule has 0 unspecified atom stereocenters. The molecule has 2 rings (SSSR count). The van der Waals surface area contributed by atoms with Crippen molar-refractivity contribution < 1.29 is 4.79 Å². The molecular formula is C15H18ClNO. The Labute approximate surface area is 113 Å². The third-order valence-corrected chi connectivity index (χ3v) is 3.49. The van der Waals surface area contributed by atoms with E-state index in [1.54, 1.807) is 0 Å². The van der Waals surface area contributed by atoms with Gasteiger partial charge in [-0.15, -0.1) is 0 Å². The summed E-state index contributed by atoms with van der Waals surface area (Å²) in [6, 6.07) is 7.53. The lowest BCUT2D eigenvalue weighted by molar-refractivity contribution is -0.127. The predicted octanol–water partition coefficient (Wildman–Crippen LogP) is 3.76. The molecule has 0 aliphatic carbocycles. The fourth-order valence-corrected chi connectivity index (χ4v) is 2.34. The number of carbonyl (C=O) groups excluding carboxylic acids is 1. The second-order valence-corrected chi connectivity index (χ2v) is 5.17. The van der Waals surface area contributed by atoms with E-state index in [1.807, 2.05) is 42.2 Å². The van der Waals surface area contributed by atoms with Crippen LogP contribution in [0.3, 0.4) is 0 Å². The molecule has 1 heterocycles. The van der Waals surface area contributed by atoms with Gasteiger partial charge in [-0.2, -0.15) is 0 Å². The molecule has 3 heteroatoms. The zero-order chi connectivity index (χ0) is 13.0. The van der Waals surface area contributed by atoms with E-state index in [-0.39, 0.29) is 5.91 Å². The molecule has 0 spiro atoms. The Morgan fingerprint density at radius 2 is 1.78 bits per heavy atom. The number of nitrogens with zero attached hydrogens (tertiary/aromatic N) is 1. The quantitative estimate of drug-likeness (QED) is 0.744. The van der Waals surface area contributed by atoms with E-state index in [2.05, 4.69) is 0 Å². The molecule has 0 radical (unpaired) electrons. The first-order chi connectivity index (χ1) is 8.66. The Morgan fingerprint density at radius 3 is 2.39 bits per heavy atom. The molecule has 1 fully saturated rings. The van der Waals surface area contributed by atoms with Crippen molar-refractivity contribution in [1.82, 2.24) is 4.90 Å². The smallest absolute Gasteiger partial charge is 0.249 e. The number of hydrogen-bond donors (Lipinski definition) is 0. The van der Waals surface area contributed by atoms with Gasteiger partial charge in [0.25, 0.3) is 0 Å². The molecule has 1 aliphatic heterocycles. The van der Waals surface area contributed by atoms with Crippen molar-refractivity contribution in [2.75, 3.05) is 13.1 Å². The summed E-state index contributed by atoms with van der Waals surface area (Å²) in [5, 5.41) is 0.715. The van der Waals surface area contributed by atoms with E-state index in [4.69, 9.17) is 11.6 Å². The SMILES string of the molecule is C/C(=C\c1ccc(Cl)cc1)C(=O)N1CCCCC1. The van der Waals surface area contributed by atoms with Gasteiger partial charge in [0.2, 0.25) is 5.91 Å². The van der Waals surface area contributed by atoms with Gasteiger partial charge in [-0.25, -0.2) is 0 Å². The highest BCUT2D eigenvalue weighted by Gasteiger charge is 2.17. The Bertz CT molecular complexity index is 444. The monoisotopic (exact) mass is 263 g/mol. The fraction of sp³-hybridized carbons (Fsp3) is 0.400. The number of halogens is 1. The molecule has 96 valence electrons. The van der Waals surface area contributed by atoms with Gasteiger partial charge in [0, 0.05) is 23.7 Å². The summed E-state index contributed by atoms with van der Waals surface area (Å²) >= 11 is 5.84. The number of amides is 1. The molecule has 0 saturated carbocycles. The Kier molecular flexibility index (Phi) is 4.43. The van der Waals surface area contributed by atoms with Gasteiger partial charge in [0.15, 0.2) is 0 Å². The van der Waals surface area contributed by atoms with Crippen molar-refractivity contribution in [3.05, 3.63) is 40.4 Å². The Hall–Kier alpha value is -1.28. The number of hydrogen-bond acceptors (Lipinski definition) is 1. The van der Waals surface area contributed by atoms with Crippen molar-refractivity contribution in [1.29, 1.82) is 0 Å². The minimum atomic E-state index is 0.157. The van der Waals surface area contributed by atoms with E-state index in [0.29, 0.717) is 5.02 Å². The van der Waals surface area contributed by atoms with Gasteiger partial charge in [0.1, 0.15) is 0 Å². The van der Waals surface area contributed by atoms with Crippen molar-refractivity contribution in [3.63, 3.8) is 0 Å². The molecule has 1 aromatic rings. The third-order valence-electron chi connectivity index (χ3n) is 3.23. The molecule has 1 saturated heterocycles. The van der Waals surface area contributed by atoms with Crippen LogP contribution in [0.25, 0.3) is 6.08 Å². The maximum absolute atomic E-state index is 12.2. The lowest BCUT2D eigenvalue weighted by Gasteiger charge is -2.27. The first-order valence-electron chi connectivity index (χ1n) is 6.40. The van der Waals surface area contributed by atoms with Crippen LogP contribution in [0, 0.1) is 0 Å². The van der Waals surface area contributed by atoms with Gasteiger partial charge in [0.05, 0.1) is 0 Å². The summed E-state index contributed by atoms with van der Waals surface area (Å²) in [5.41, 5.74) is 1.81. The van der Waals surface area contributed by atoms with Crippen LogP contribution in [-0.2, 0) is 4.79 Å². The molecule has 0 N–H and O–H groups in total. The van der Waals surface area contributed by atoms with Gasteiger partial charge in [-0.1, -0.05) is 23.7 Å². The van der Waals surface area contributed by atoms with Gasteiger partial charge in [-0.3, -0.25) is 4.79 Å². The molecule has 0 bridgehead atoms. The number of benzene rings is 1. The van der Waals surface area contributed by atoms with Crippen molar-refractivity contribution in [2.45, 2.75) is 26.2 Å². The summed E-state index contributed by atoms with van der Waals surface area (Å²) < 4.78 is 0. The predicted molar refractivity (Wildman–Crippen MR) is 75.5 cm³/mol. The van der Waals surface area contributed by atoms with E-state index in [9.17, 15) is 4.79 Å². The second-order valence-electron chi connectivity index (χ2n) is 4.73. The van der Waals surface area contributed by atoms with Gasteiger partial charge >= 0.3 is 0 Å². The van der Waals surface area contributed by atoms with E-state index in [0.717, 1.165) is 37.1 Å². The summed E-state index contributed by atoms with van der Waals surface area (Å²) in [5.74, 6) is 0.157. The number of piperidine rings is 1. The van der Waals surface area contributed by atoms with Gasteiger partial charge in [-0.05, 0) is 50.0 Å². The number of rotatable bonds is 2. The van der Waals surface area contributed by atoms with Crippen molar-refractivity contribution in [3.8, 4) is 0 Å². The minimum Gasteiger partial charge on any atom is -0.339 e. The average molecular weight is 264 g/mol. The van der Waals surface area contributed by atoms with Crippen LogP contribution in [0.5, 0.6) is 0 Å². The zero-order valence-corrected chi connectivity index (χ0v) is 11.4. The van der Waals surface area contributed by atoms with Crippen LogP contribution in [0.2, 0.25) is 5.02 Å². The molecule has 0 atom stereocenters. The molecule has 1 aliphatic rings. The van der Waals surface area contributed by atoms with Crippen LogP contribution < -0.4 is 0 Å². The lowest BCUT2D eigenvalue weighted by atomic mass is 10.1. The van der Waals surface area contributed by atoms with Crippen molar-refractivity contribution >= 4 is 23.6 Å². The van der Waals surface area contributed by atoms with Gasteiger partial charge < -0.3 is 4.90 Å². The van der Waals surface area contributed by atoms with E-state index in [1.165, 1.54) is 6.42 Å². The van der Waals surface area contributed by atoms with Crippen LogP contribution in [0.4, 0.5) is 0 Å². The molecule has 1 amide bonds. The number of carbonyl (C=O) groups is 1. The second kappa shape index (κ2) is 6.05. The molecule has 0 aromatic heterocycles. The maximum Gasteiger partial charge on any atom is 0.249 e.